The molecule has 2 fully saturated rings. The SMILES string of the molecule is CCc1nnsc1C(=O)N1CCCC2(C1)OCCO2. The van der Waals surface area contributed by atoms with Crippen LogP contribution < -0.4 is 0 Å². The molecular formula is C12H17N3O3S. The maximum Gasteiger partial charge on any atom is 0.267 e. The lowest BCUT2D eigenvalue weighted by atomic mass is 10.0. The van der Waals surface area contributed by atoms with Gasteiger partial charge in [-0.25, -0.2) is 0 Å². The van der Waals surface area contributed by atoms with Gasteiger partial charge in [-0.3, -0.25) is 4.79 Å². The molecule has 104 valence electrons. The molecule has 2 aliphatic rings. The fraction of sp³-hybridized carbons (Fsp3) is 0.750. The lowest BCUT2D eigenvalue weighted by Gasteiger charge is -2.38. The van der Waals surface area contributed by atoms with Gasteiger partial charge in [0.1, 0.15) is 4.88 Å². The summed E-state index contributed by atoms with van der Waals surface area (Å²) in [5.41, 5.74) is 0.780. The maximum atomic E-state index is 12.5. The third-order valence-corrected chi connectivity index (χ3v) is 4.36. The van der Waals surface area contributed by atoms with Gasteiger partial charge in [0.25, 0.3) is 5.91 Å². The van der Waals surface area contributed by atoms with Crippen molar-refractivity contribution in [2.24, 2.45) is 0 Å². The second-order valence-electron chi connectivity index (χ2n) is 4.84. The maximum absolute atomic E-state index is 12.5. The van der Waals surface area contributed by atoms with E-state index in [2.05, 4.69) is 9.59 Å². The highest BCUT2D eigenvalue weighted by atomic mass is 32.1. The first-order valence-corrected chi connectivity index (χ1v) is 7.40. The molecule has 3 heterocycles. The number of aryl methyl sites for hydroxylation is 1. The summed E-state index contributed by atoms with van der Waals surface area (Å²) in [6.07, 6.45) is 2.49. The van der Waals surface area contributed by atoms with E-state index in [0.29, 0.717) is 24.6 Å². The smallest absolute Gasteiger partial charge is 0.267 e. The van der Waals surface area contributed by atoms with Crippen molar-refractivity contribution in [3.05, 3.63) is 10.6 Å². The van der Waals surface area contributed by atoms with Crippen molar-refractivity contribution in [1.82, 2.24) is 14.5 Å². The molecular weight excluding hydrogens is 266 g/mol. The molecule has 1 aromatic rings. The van der Waals surface area contributed by atoms with Crippen LogP contribution in [-0.4, -0.2) is 52.5 Å². The second kappa shape index (κ2) is 5.15. The number of nitrogens with zero attached hydrogens (tertiary/aromatic N) is 3. The van der Waals surface area contributed by atoms with Gasteiger partial charge < -0.3 is 14.4 Å². The molecule has 0 radical (unpaired) electrons. The average molecular weight is 283 g/mol. The van der Waals surface area contributed by atoms with E-state index >= 15 is 0 Å². The van der Waals surface area contributed by atoms with Crippen molar-refractivity contribution >= 4 is 17.4 Å². The number of rotatable bonds is 2. The molecule has 0 atom stereocenters. The third-order valence-electron chi connectivity index (χ3n) is 3.60. The van der Waals surface area contributed by atoms with Crippen LogP contribution >= 0.6 is 11.5 Å². The molecule has 1 aromatic heterocycles. The van der Waals surface area contributed by atoms with Crippen LogP contribution in [0.25, 0.3) is 0 Å². The van der Waals surface area contributed by atoms with Crippen LogP contribution in [-0.2, 0) is 15.9 Å². The Hall–Kier alpha value is -1.05. The normalized spacial score (nSPS) is 22.1. The number of hydrogen-bond donors (Lipinski definition) is 0. The molecule has 1 spiro atoms. The van der Waals surface area contributed by atoms with E-state index in [0.717, 1.165) is 31.5 Å². The van der Waals surface area contributed by atoms with Crippen molar-refractivity contribution in [2.75, 3.05) is 26.3 Å². The lowest BCUT2D eigenvalue weighted by molar-refractivity contribution is -0.183. The Balaban J connectivity index is 1.76. The third kappa shape index (κ3) is 2.37. The van der Waals surface area contributed by atoms with Gasteiger partial charge in [0, 0.05) is 13.0 Å². The van der Waals surface area contributed by atoms with Crippen molar-refractivity contribution < 1.29 is 14.3 Å². The zero-order valence-electron chi connectivity index (χ0n) is 10.9. The molecule has 3 rings (SSSR count). The highest BCUT2D eigenvalue weighted by Crippen LogP contribution is 2.31. The van der Waals surface area contributed by atoms with Gasteiger partial charge in [-0.2, -0.15) is 0 Å². The zero-order valence-corrected chi connectivity index (χ0v) is 11.7. The number of hydrogen-bond acceptors (Lipinski definition) is 6. The van der Waals surface area contributed by atoms with Crippen LogP contribution in [0.4, 0.5) is 0 Å². The topological polar surface area (TPSA) is 64.6 Å². The first kappa shape index (κ1) is 13.0. The number of amides is 1. The first-order chi connectivity index (χ1) is 9.24. The van der Waals surface area contributed by atoms with Gasteiger partial charge in [-0.1, -0.05) is 11.4 Å². The molecule has 1 amide bonds. The van der Waals surface area contributed by atoms with E-state index in [4.69, 9.17) is 9.47 Å². The molecule has 0 aliphatic carbocycles. The fourth-order valence-electron chi connectivity index (χ4n) is 2.64. The molecule has 2 aliphatic heterocycles. The summed E-state index contributed by atoms with van der Waals surface area (Å²) in [6, 6.07) is 0. The molecule has 2 saturated heterocycles. The van der Waals surface area contributed by atoms with Crippen LogP contribution in [0.5, 0.6) is 0 Å². The molecule has 0 bridgehead atoms. The zero-order chi connectivity index (χ0) is 13.3. The summed E-state index contributed by atoms with van der Waals surface area (Å²) in [5.74, 6) is -0.566. The van der Waals surface area contributed by atoms with E-state index in [1.807, 2.05) is 11.8 Å². The Bertz CT molecular complexity index is 471. The highest BCUT2D eigenvalue weighted by Gasteiger charge is 2.42. The van der Waals surface area contributed by atoms with E-state index in [-0.39, 0.29) is 5.91 Å². The van der Waals surface area contributed by atoms with Gasteiger partial charge >= 0.3 is 0 Å². The number of likely N-dealkylation sites (tertiary alicyclic amines) is 1. The standard InChI is InChI=1S/C12H17N3O3S/c1-2-9-10(19-14-13-9)11(16)15-5-3-4-12(8-15)17-6-7-18-12/h2-8H2,1H3. The summed E-state index contributed by atoms with van der Waals surface area (Å²) in [5, 5.41) is 4.00. The Morgan fingerprint density at radius 2 is 2.26 bits per heavy atom. The van der Waals surface area contributed by atoms with Gasteiger partial charge in [-0.05, 0) is 24.4 Å². The van der Waals surface area contributed by atoms with Crippen LogP contribution in [0.2, 0.25) is 0 Å². The predicted molar refractivity (Wildman–Crippen MR) is 69.1 cm³/mol. The number of ether oxygens (including phenoxy) is 2. The summed E-state index contributed by atoms with van der Waals surface area (Å²) < 4.78 is 15.3. The average Bonchev–Trinajstić information content (AvgIpc) is 3.07. The summed E-state index contributed by atoms with van der Waals surface area (Å²) in [4.78, 5) is 15.0. The number of carbonyl (C=O) groups is 1. The second-order valence-corrected chi connectivity index (χ2v) is 5.59. The molecule has 0 aromatic carbocycles. The Morgan fingerprint density at radius 3 is 3.00 bits per heavy atom. The van der Waals surface area contributed by atoms with E-state index in [1.54, 1.807) is 0 Å². The van der Waals surface area contributed by atoms with Crippen LogP contribution in [0, 0.1) is 0 Å². The molecule has 6 nitrogen and oxygen atoms in total. The lowest BCUT2D eigenvalue weighted by Crippen LogP contribution is -2.51. The van der Waals surface area contributed by atoms with Crippen molar-refractivity contribution in [1.29, 1.82) is 0 Å². The molecule has 19 heavy (non-hydrogen) atoms. The predicted octanol–water partition coefficient (Wildman–Crippen LogP) is 1.08. The largest absolute Gasteiger partial charge is 0.346 e. The molecule has 0 N–H and O–H groups in total. The van der Waals surface area contributed by atoms with Gasteiger partial charge in [0.15, 0.2) is 5.79 Å². The van der Waals surface area contributed by atoms with Crippen LogP contribution in [0.15, 0.2) is 0 Å². The molecule has 0 saturated carbocycles. The van der Waals surface area contributed by atoms with Crippen LogP contribution in [0.1, 0.15) is 35.1 Å². The Labute approximate surface area is 115 Å². The quantitative estimate of drug-likeness (QED) is 0.812. The summed E-state index contributed by atoms with van der Waals surface area (Å²) in [6.45, 7) is 4.46. The Morgan fingerprint density at radius 1 is 1.47 bits per heavy atom. The van der Waals surface area contributed by atoms with Crippen molar-refractivity contribution in [2.45, 2.75) is 32.0 Å². The first-order valence-electron chi connectivity index (χ1n) is 6.62. The summed E-state index contributed by atoms with van der Waals surface area (Å²) in [7, 11) is 0. The van der Waals surface area contributed by atoms with Crippen LogP contribution in [0.3, 0.4) is 0 Å². The monoisotopic (exact) mass is 283 g/mol. The Kier molecular flexibility index (Phi) is 3.51. The number of carbonyl (C=O) groups excluding carboxylic acids is 1. The molecule has 0 unspecified atom stereocenters. The van der Waals surface area contributed by atoms with Crippen molar-refractivity contribution in [3.8, 4) is 0 Å². The van der Waals surface area contributed by atoms with Crippen molar-refractivity contribution in [3.63, 3.8) is 0 Å². The highest BCUT2D eigenvalue weighted by molar-refractivity contribution is 7.08. The van der Waals surface area contributed by atoms with E-state index in [9.17, 15) is 4.79 Å². The van der Waals surface area contributed by atoms with Gasteiger partial charge in [0.2, 0.25) is 0 Å². The molecule has 7 heteroatoms. The number of piperidine rings is 1. The minimum atomic E-state index is -0.571. The summed E-state index contributed by atoms with van der Waals surface area (Å²) >= 11 is 1.17. The van der Waals surface area contributed by atoms with Gasteiger partial charge in [0.05, 0.1) is 25.5 Å². The van der Waals surface area contributed by atoms with Gasteiger partial charge in [-0.15, -0.1) is 5.10 Å². The minimum Gasteiger partial charge on any atom is -0.346 e. The van der Waals surface area contributed by atoms with E-state index in [1.165, 1.54) is 11.5 Å². The van der Waals surface area contributed by atoms with E-state index < -0.39 is 5.79 Å². The minimum absolute atomic E-state index is 0.00465. The fourth-order valence-corrected chi connectivity index (χ4v) is 3.36. The number of aromatic nitrogens is 2.